The number of nitrogens with zero attached hydrogens (tertiary/aromatic N) is 1. The van der Waals surface area contributed by atoms with E-state index in [4.69, 9.17) is 9.47 Å². The smallest absolute Gasteiger partial charge is 0.410 e. The zero-order valence-corrected chi connectivity index (χ0v) is 21.8. The van der Waals surface area contributed by atoms with Crippen LogP contribution in [0.25, 0.3) is 17.2 Å². The number of ether oxygens (including phenoxy) is 2. The summed E-state index contributed by atoms with van der Waals surface area (Å²) in [5.41, 5.74) is 1.34. The molecule has 34 heavy (non-hydrogen) atoms. The van der Waals surface area contributed by atoms with Gasteiger partial charge in [0.1, 0.15) is 11.1 Å². The summed E-state index contributed by atoms with van der Waals surface area (Å²) >= 11 is 0. The van der Waals surface area contributed by atoms with E-state index in [2.05, 4.69) is 26.2 Å². The van der Waals surface area contributed by atoms with E-state index in [-0.39, 0.29) is 19.6 Å². The molecule has 0 unspecified atom stereocenters. The Labute approximate surface area is 203 Å². The Morgan fingerprint density at radius 1 is 1.18 bits per heavy atom. The topological polar surface area (TPSA) is 76.1 Å². The Kier molecular flexibility index (Phi) is 7.38. The molecule has 1 N–H and O–H groups in total. The van der Waals surface area contributed by atoms with Crippen molar-refractivity contribution in [2.45, 2.75) is 50.2 Å². The maximum absolute atomic E-state index is 13.0. The van der Waals surface area contributed by atoms with Crippen molar-refractivity contribution in [2.75, 3.05) is 20.3 Å². The van der Waals surface area contributed by atoms with Crippen LogP contribution in [0.1, 0.15) is 24.5 Å². The van der Waals surface area contributed by atoms with E-state index < -0.39 is 31.3 Å². The van der Waals surface area contributed by atoms with E-state index in [0.717, 1.165) is 28.3 Å². The summed E-state index contributed by atoms with van der Waals surface area (Å²) in [6.45, 7) is 12.5. The number of carboxylic acid groups (broad SMARTS) is 1. The largest absolute Gasteiger partial charge is 0.480 e. The van der Waals surface area contributed by atoms with E-state index in [0.29, 0.717) is 0 Å². The molecule has 1 heterocycles. The maximum Gasteiger partial charge on any atom is 0.410 e. The van der Waals surface area contributed by atoms with Crippen LogP contribution >= 0.6 is 0 Å². The van der Waals surface area contributed by atoms with E-state index in [9.17, 15) is 14.7 Å². The Bertz CT molecular complexity index is 1060. The molecule has 1 amide bonds. The Hall–Kier alpha value is -2.90. The number of amides is 1. The zero-order chi connectivity index (χ0) is 25.1. The van der Waals surface area contributed by atoms with Crippen LogP contribution in [0.2, 0.25) is 25.7 Å². The molecular weight excluding hydrogens is 446 g/mol. The zero-order valence-electron chi connectivity index (χ0n) is 20.8. The lowest BCUT2D eigenvalue weighted by Gasteiger charge is -2.30. The van der Waals surface area contributed by atoms with Gasteiger partial charge in [-0.05, 0) is 41.3 Å². The molecule has 0 aromatic heterocycles. The van der Waals surface area contributed by atoms with Crippen LogP contribution in [0.3, 0.4) is 0 Å². The fraction of sp³-hybridized carbons (Fsp3) is 0.407. The van der Waals surface area contributed by atoms with Crippen LogP contribution in [0.4, 0.5) is 4.79 Å². The van der Waals surface area contributed by atoms with Crippen molar-refractivity contribution in [2.24, 2.45) is 0 Å². The lowest BCUT2D eigenvalue weighted by Crippen LogP contribution is -2.51. The molecule has 0 aliphatic carbocycles. The molecule has 1 saturated heterocycles. The molecule has 0 radical (unpaired) electrons. The van der Waals surface area contributed by atoms with Gasteiger partial charge in [-0.3, -0.25) is 4.90 Å². The SMILES string of the molecule is C=Cc1cc([C@@]2(OC)CN(C(=O)OCC[Si](C)(C)C)[C@](C)(C(=O)O)C2)ccc1-c1ccccc1. The molecule has 1 aliphatic rings. The fourth-order valence-corrected chi connectivity index (χ4v) is 5.17. The van der Waals surface area contributed by atoms with Gasteiger partial charge < -0.3 is 14.6 Å². The van der Waals surface area contributed by atoms with Crippen molar-refractivity contribution in [3.05, 3.63) is 66.2 Å². The van der Waals surface area contributed by atoms with Crippen molar-refractivity contribution in [1.82, 2.24) is 4.90 Å². The summed E-state index contributed by atoms with van der Waals surface area (Å²) in [5, 5.41) is 10.1. The number of hydrogen-bond acceptors (Lipinski definition) is 4. The van der Waals surface area contributed by atoms with Gasteiger partial charge in [0, 0.05) is 21.6 Å². The molecule has 1 fully saturated rings. The van der Waals surface area contributed by atoms with Crippen LogP contribution in [0.5, 0.6) is 0 Å². The number of aliphatic carboxylic acids is 1. The first-order valence-corrected chi connectivity index (χ1v) is 15.2. The molecule has 0 bridgehead atoms. The fourth-order valence-electron chi connectivity index (χ4n) is 4.46. The van der Waals surface area contributed by atoms with Crippen molar-refractivity contribution in [3.8, 4) is 11.1 Å². The second-order valence-electron chi connectivity index (χ2n) is 10.3. The van der Waals surface area contributed by atoms with E-state index in [1.54, 1.807) is 20.1 Å². The van der Waals surface area contributed by atoms with Crippen LogP contribution in [0, 0.1) is 0 Å². The lowest BCUT2D eigenvalue weighted by atomic mass is 9.84. The molecule has 1 aliphatic heterocycles. The van der Waals surface area contributed by atoms with Crippen molar-refractivity contribution in [1.29, 1.82) is 0 Å². The highest BCUT2D eigenvalue weighted by Crippen LogP contribution is 2.46. The third-order valence-electron chi connectivity index (χ3n) is 6.67. The molecule has 0 spiro atoms. The third kappa shape index (κ3) is 5.10. The normalized spacial score (nSPS) is 22.4. The van der Waals surface area contributed by atoms with E-state index >= 15 is 0 Å². The van der Waals surface area contributed by atoms with Gasteiger partial charge >= 0.3 is 12.1 Å². The predicted molar refractivity (Wildman–Crippen MR) is 138 cm³/mol. The Morgan fingerprint density at radius 2 is 1.85 bits per heavy atom. The average molecular weight is 482 g/mol. The van der Waals surface area contributed by atoms with Gasteiger partial charge in [-0.1, -0.05) is 74.8 Å². The molecule has 6 nitrogen and oxygen atoms in total. The van der Waals surface area contributed by atoms with Gasteiger partial charge in [0.25, 0.3) is 0 Å². The van der Waals surface area contributed by atoms with E-state index in [1.807, 2.05) is 48.5 Å². The minimum absolute atomic E-state index is 0.0827. The molecule has 7 heteroatoms. The number of carboxylic acids is 1. The van der Waals surface area contributed by atoms with Crippen LogP contribution in [-0.4, -0.2) is 55.9 Å². The van der Waals surface area contributed by atoms with Crippen LogP contribution in [0.15, 0.2) is 55.1 Å². The second kappa shape index (κ2) is 9.76. The first kappa shape index (κ1) is 25.7. The summed E-state index contributed by atoms with van der Waals surface area (Å²) in [7, 11) is 0.157. The molecular formula is C27H35NO5Si. The van der Waals surface area contributed by atoms with E-state index in [1.165, 1.54) is 4.90 Å². The van der Waals surface area contributed by atoms with Gasteiger partial charge in [-0.25, -0.2) is 9.59 Å². The summed E-state index contributed by atoms with van der Waals surface area (Å²) in [6, 6.07) is 16.7. The highest BCUT2D eigenvalue weighted by molar-refractivity contribution is 6.76. The number of rotatable bonds is 8. The first-order valence-electron chi connectivity index (χ1n) is 11.5. The Balaban J connectivity index is 1.96. The minimum atomic E-state index is -1.46. The second-order valence-corrected chi connectivity index (χ2v) is 16.0. The predicted octanol–water partition coefficient (Wildman–Crippen LogP) is 5.86. The van der Waals surface area contributed by atoms with Gasteiger partial charge in [0.05, 0.1) is 13.2 Å². The molecule has 182 valence electrons. The summed E-state index contributed by atoms with van der Waals surface area (Å²) in [6.07, 6.45) is 1.27. The van der Waals surface area contributed by atoms with Crippen molar-refractivity contribution in [3.63, 3.8) is 0 Å². The molecule has 3 rings (SSSR count). The van der Waals surface area contributed by atoms with Gasteiger partial charge in [0.2, 0.25) is 0 Å². The summed E-state index contributed by atoms with van der Waals surface area (Å²) < 4.78 is 11.5. The summed E-state index contributed by atoms with van der Waals surface area (Å²) in [5.74, 6) is -1.08. The van der Waals surface area contributed by atoms with Gasteiger partial charge in [0.15, 0.2) is 0 Å². The maximum atomic E-state index is 13.0. The monoisotopic (exact) mass is 481 g/mol. The number of carbonyl (C=O) groups excluding carboxylic acids is 1. The quantitative estimate of drug-likeness (QED) is 0.478. The lowest BCUT2D eigenvalue weighted by molar-refractivity contribution is -0.148. The molecule has 2 aromatic rings. The summed E-state index contributed by atoms with van der Waals surface area (Å²) in [4.78, 5) is 26.7. The Morgan fingerprint density at radius 3 is 2.41 bits per heavy atom. The third-order valence-corrected chi connectivity index (χ3v) is 8.37. The molecule has 2 aromatic carbocycles. The highest BCUT2D eigenvalue weighted by atomic mass is 28.3. The minimum Gasteiger partial charge on any atom is -0.480 e. The first-order chi connectivity index (χ1) is 16.0. The number of carbonyl (C=O) groups is 2. The van der Waals surface area contributed by atoms with Crippen LogP contribution < -0.4 is 0 Å². The highest BCUT2D eigenvalue weighted by Gasteiger charge is 2.58. The van der Waals surface area contributed by atoms with Crippen molar-refractivity contribution >= 4 is 26.2 Å². The molecule has 0 saturated carbocycles. The van der Waals surface area contributed by atoms with Gasteiger partial charge in [-0.15, -0.1) is 0 Å². The number of likely N-dealkylation sites (tertiary alicyclic amines) is 1. The van der Waals surface area contributed by atoms with Gasteiger partial charge in [-0.2, -0.15) is 0 Å². The number of methoxy groups -OCH3 is 1. The van der Waals surface area contributed by atoms with Crippen LogP contribution in [-0.2, 0) is 19.9 Å². The number of hydrogen-bond donors (Lipinski definition) is 1. The number of benzene rings is 2. The average Bonchev–Trinajstić information content (AvgIpc) is 3.13. The van der Waals surface area contributed by atoms with Crippen molar-refractivity contribution < 1.29 is 24.2 Å². The standard InChI is InChI=1S/C27H35NO5Si/c1-7-20-17-22(13-14-23(20)21-11-9-8-10-12-21)27(32-3)18-26(2,24(29)30)28(19-27)25(31)33-15-16-34(4,5)6/h7-14,17H,1,15-16,18-19H2,2-6H3,(H,29,30)/t26-,27-/m0/s1. The molecule has 2 atom stereocenters.